The van der Waals surface area contributed by atoms with Gasteiger partial charge in [0.25, 0.3) is 10.0 Å². The zero-order valence-corrected chi connectivity index (χ0v) is 12.2. The highest BCUT2D eigenvalue weighted by Crippen LogP contribution is 2.14. The SMILES string of the molecule is CCCC(C)=NNS(=O)(=O)c1ccc(Br)cc1. The quantitative estimate of drug-likeness (QED) is 0.670. The van der Waals surface area contributed by atoms with Gasteiger partial charge in [0.15, 0.2) is 0 Å². The summed E-state index contributed by atoms with van der Waals surface area (Å²) in [5.41, 5.74) is 0.771. The smallest absolute Gasteiger partial charge is 0.200 e. The minimum Gasteiger partial charge on any atom is -0.200 e. The minimum absolute atomic E-state index is 0.203. The van der Waals surface area contributed by atoms with Crippen molar-refractivity contribution >= 4 is 31.7 Å². The van der Waals surface area contributed by atoms with E-state index in [9.17, 15) is 8.42 Å². The Morgan fingerprint density at radius 1 is 1.35 bits per heavy atom. The van der Waals surface area contributed by atoms with Crippen molar-refractivity contribution in [1.29, 1.82) is 0 Å². The van der Waals surface area contributed by atoms with Crippen LogP contribution in [0.25, 0.3) is 0 Å². The first-order valence-corrected chi connectivity index (χ1v) is 7.54. The zero-order valence-electron chi connectivity index (χ0n) is 9.77. The van der Waals surface area contributed by atoms with Crippen LogP contribution in [0.15, 0.2) is 38.7 Å². The molecule has 0 aliphatic carbocycles. The first-order valence-electron chi connectivity index (χ1n) is 5.26. The largest absolute Gasteiger partial charge is 0.276 e. The topological polar surface area (TPSA) is 58.5 Å². The van der Waals surface area contributed by atoms with E-state index in [0.717, 1.165) is 23.0 Å². The second-order valence-electron chi connectivity index (χ2n) is 3.65. The van der Waals surface area contributed by atoms with Gasteiger partial charge in [0.05, 0.1) is 4.90 Å². The molecule has 94 valence electrons. The number of nitrogens with one attached hydrogen (secondary N) is 1. The summed E-state index contributed by atoms with van der Waals surface area (Å²) >= 11 is 3.25. The van der Waals surface area contributed by atoms with Gasteiger partial charge in [-0.05, 0) is 37.6 Å². The average molecular weight is 319 g/mol. The molecule has 1 aromatic carbocycles. The highest BCUT2D eigenvalue weighted by atomic mass is 79.9. The maximum Gasteiger partial charge on any atom is 0.276 e. The standard InChI is InChI=1S/C11H15BrN2O2S/c1-3-4-9(2)13-14-17(15,16)11-7-5-10(12)6-8-11/h5-8,14H,3-4H2,1-2H3. The monoisotopic (exact) mass is 318 g/mol. The van der Waals surface area contributed by atoms with E-state index in [0.29, 0.717) is 0 Å². The summed E-state index contributed by atoms with van der Waals surface area (Å²) in [5.74, 6) is 0. The second kappa shape index (κ2) is 6.16. The molecule has 0 saturated heterocycles. The summed E-state index contributed by atoms with van der Waals surface area (Å²) in [6.45, 7) is 3.82. The fourth-order valence-corrected chi connectivity index (χ4v) is 2.36. The maximum atomic E-state index is 11.8. The molecule has 0 radical (unpaired) electrons. The van der Waals surface area contributed by atoms with E-state index in [1.807, 2.05) is 6.92 Å². The molecule has 0 amide bonds. The van der Waals surface area contributed by atoms with E-state index in [2.05, 4.69) is 25.9 Å². The van der Waals surface area contributed by atoms with Crippen molar-refractivity contribution in [3.63, 3.8) is 0 Å². The highest BCUT2D eigenvalue weighted by Gasteiger charge is 2.12. The molecule has 0 aliphatic rings. The van der Waals surface area contributed by atoms with Crippen molar-refractivity contribution in [1.82, 2.24) is 4.83 Å². The molecule has 0 bridgehead atoms. The van der Waals surface area contributed by atoms with Crippen LogP contribution in [0, 0.1) is 0 Å². The molecule has 1 rings (SSSR count). The molecule has 4 nitrogen and oxygen atoms in total. The molecule has 0 heterocycles. The molecule has 1 aromatic rings. The van der Waals surface area contributed by atoms with Crippen LogP contribution >= 0.6 is 15.9 Å². The van der Waals surface area contributed by atoms with Gasteiger partial charge in [0, 0.05) is 10.2 Å². The van der Waals surface area contributed by atoms with Gasteiger partial charge in [-0.15, -0.1) is 0 Å². The Morgan fingerprint density at radius 3 is 2.47 bits per heavy atom. The fourth-order valence-electron chi connectivity index (χ4n) is 1.22. The van der Waals surface area contributed by atoms with Crippen LogP contribution in [0.1, 0.15) is 26.7 Å². The summed E-state index contributed by atoms with van der Waals surface area (Å²) in [5, 5.41) is 3.85. The Balaban J connectivity index is 2.82. The van der Waals surface area contributed by atoms with Crippen molar-refractivity contribution < 1.29 is 8.42 Å². The highest BCUT2D eigenvalue weighted by molar-refractivity contribution is 9.10. The average Bonchev–Trinajstić information content (AvgIpc) is 2.28. The van der Waals surface area contributed by atoms with Crippen LogP contribution in [-0.4, -0.2) is 14.1 Å². The zero-order chi connectivity index (χ0) is 12.9. The van der Waals surface area contributed by atoms with Gasteiger partial charge >= 0.3 is 0 Å². The van der Waals surface area contributed by atoms with E-state index in [-0.39, 0.29) is 4.90 Å². The van der Waals surface area contributed by atoms with Crippen molar-refractivity contribution in [2.24, 2.45) is 5.10 Å². The normalized spacial score (nSPS) is 12.5. The van der Waals surface area contributed by atoms with Crippen LogP contribution in [-0.2, 0) is 10.0 Å². The van der Waals surface area contributed by atoms with E-state index in [1.165, 1.54) is 12.1 Å². The Labute approximate surface area is 110 Å². The molecule has 0 spiro atoms. The molecule has 0 unspecified atom stereocenters. The van der Waals surface area contributed by atoms with Gasteiger partial charge < -0.3 is 0 Å². The lowest BCUT2D eigenvalue weighted by Crippen LogP contribution is -2.19. The van der Waals surface area contributed by atoms with Crippen molar-refractivity contribution in [3.05, 3.63) is 28.7 Å². The van der Waals surface area contributed by atoms with Crippen molar-refractivity contribution in [2.75, 3.05) is 0 Å². The second-order valence-corrected chi connectivity index (χ2v) is 6.22. The van der Waals surface area contributed by atoms with Crippen LogP contribution < -0.4 is 4.83 Å². The van der Waals surface area contributed by atoms with Crippen molar-refractivity contribution in [2.45, 2.75) is 31.6 Å². The summed E-state index contributed by atoms with van der Waals surface area (Å²) in [6.07, 6.45) is 1.72. The predicted molar refractivity (Wildman–Crippen MR) is 72.5 cm³/mol. The van der Waals surface area contributed by atoms with Gasteiger partial charge in [-0.2, -0.15) is 13.5 Å². The van der Waals surface area contributed by atoms with Gasteiger partial charge in [-0.25, -0.2) is 4.83 Å². The molecule has 0 fully saturated rings. The molecule has 0 aromatic heterocycles. The molecular formula is C11H15BrN2O2S. The Bertz CT molecular complexity index is 495. The molecule has 1 N–H and O–H groups in total. The van der Waals surface area contributed by atoms with Crippen LogP contribution in [0.3, 0.4) is 0 Å². The summed E-state index contributed by atoms with van der Waals surface area (Å²) < 4.78 is 24.5. The third-order valence-electron chi connectivity index (χ3n) is 2.09. The van der Waals surface area contributed by atoms with Crippen LogP contribution in [0.5, 0.6) is 0 Å². The van der Waals surface area contributed by atoms with Gasteiger partial charge in [-0.3, -0.25) is 0 Å². The Hall–Kier alpha value is -0.880. The molecule has 17 heavy (non-hydrogen) atoms. The first kappa shape index (κ1) is 14.2. The number of hydrogen-bond acceptors (Lipinski definition) is 3. The van der Waals surface area contributed by atoms with Gasteiger partial charge in [0.1, 0.15) is 0 Å². The van der Waals surface area contributed by atoms with Crippen LogP contribution in [0.2, 0.25) is 0 Å². The van der Waals surface area contributed by atoms with E-state index in [1.54, 1.807) is 19.1 Å². The first-order chi connectivity index (χ1) is 7.95. The third kappa shape index (κ3) is 4.47. The number of hydrogen-bond donors (Lipinski definition) is 1. The van der Waals surface area contributed by atoms with E-state index < -0.39 is 10.0 Å². The minimum atomic E-state index is -3.55. The fraction of sp³-hybridized carbons (Fsp3) is 0.364. The molecule has 6 heteroatoms. The number of rotatable bonds is 5. The number of halogens is 1. The number of benzene rings is 1. The van der Waals surface area contributed by atoms with Crippen LogP contribution in [0.4, 0.5) is 0 Å². The lowest BCUT2D eigenvalue weighted by molar-refractivity contribution is 0.584. The Morgan fingerprint density at radius 2 is 1.94 bits per heavy atom. The predicted octanol–water partition coefficient (Wildman–Crippen LogP) is 2.90. The lowest BCUT2D eigenvalue weighted by atomic mass is 10.2. The van der Waals surface area contributed by atoms with Gasteiger partial charge in [0.2, 0.25) is 0 Å². The summed E-state index contributed by atoms with van der Waals surface area (Å²) in [7, 11) is -3.55. The Kier molecular flexibility index (Phi) is 5.14. The number of nitrogens with zero attached hydrogens (tertiary/aromatic N) is 1. The summed E-state index contributed by atoms with van der Waals surface area (Å²) in [4.78, 5) is 2.43. The number of hydrazone groups is 1. The summed E-state index contributed by atoms with van der Waals surface area (Å²) in [6, 6.07) is 6.41. The number of sulfonamides is 1. The van der Waals surface area contributed by atoms with Crippen molar-refractivity contribution in [3.8, 4) is 0 Å². The molecular weight excluding hydrogens is 304 g/mol. The maximum absolute atomic E-state index is 11.8. The van der Waals surface area contributed by atoms with E-state index in [4.69, 9.17) is 0 Å². The molecule has 0 saturated carbocycles. The molecule has 0 aliphatic heterocycles. The lowest BCUT2D eigenvalue weighted by Gasteiger charge is -2.04. The van der Waals surface area contributed by atoms with E-state index >= 15 is 0 Å². The van der Waals surface area contributed by atoms with Gasteiger partial charge in [-0.1, -0.05) is 29.3 Å². The third-order valence-corrected chi connectivity index (χ3v) is 3.85. The molecule has 0 atom stereocenters.